The van der Waals surface area contributed by atoms with Gasteiger partial charge in [0.05, 0.1) is 5.41 Å². The van der Waals surface area contributed by atoms with E-state index in [1.54, 1.807) is 27.7 Å². The van der Waals surface area contributed by atoms with E-state index in [0.29, 0.717) is 0 Å². The smallest absolute Gasteiger partial charge is 0.311 e. The molecule has 1 N–H and O–H groups in total. The Labute approximate surface area is 137 Å². The van der Waals surface area contributed by atoms with Crippen molar-refractivity contribution in [3.05, 3.63) is 34.4 Å². The minimum Gasteiger partial charge on any atom is -0.481 e. The van der Waals surface area contributed by atoms with Crippen LogP contribution in [0, 0.1) is 51.9 Å². The van der Waals surface area contributed by atoms with Crippen LogP contribution in [0.3, 0.4) is 0 Å². The fourth-order valence-corrected chi connectivity index (χ4v) is 3.88. The highest BCUT2D eigenvalue weighted by molar-refractivity contribution is 5.82. The second-order valence-corrected chi connectivity index (χ2v) is 7.23. The monoisotopic (exact) mass is 342 g/mol. The van der Waals surface area contributed by atoms with Crippen molar-refractivity contribution in [1.82, 2.24) is 0 Å². The van der Waals surface area contributed by atoms with Gasteiger partial charge in [0, 0.05) is 17.5 Å². The Kier molecular flexibility index (Phi) is 3.99. The predicted molar refractivity (Wildman–Crippen MR) is 80.1 cm³/mol. The summed E-state index contributed by atoms with van der Waals surface area (Å²) in [5, 5.41) is 9.64. The van der Waals surface area contributed by atoms with Crippen LogP contribution in [0.5, 0.6) is 0 Å². The van der Waals surface area contributed by atoms with Crippen molar-refractivity contribution in [1.29, 1.82) is 0 Å². The van der Waals surface area contributed by atoms with E-state index in [0.717, 1.165) is 0 Å². The van der Waals surface area contributed by atoms with Gasteiger partial charge in [-0.3, -0.25) is 4.79 Å². The normalized spacial score (nSPS) is 19.6. The van der Waals surface area contributed by atoms with Gasteiger partial charge in [-0.05, 0) is 17.3 Å². The third-order valence-electron chi connectivity index (χ3n) is 6.16. The first-order valence-electron chi connectivity index (χ1n) is 7.39. The first kappa shape index (κ1) is 18.3. The quantitative estimate of drug-likeness (QED) is 0.508. The Bertz CT molecular complexity index is 729. The van der Waals surface area contributed by atoms with Crippen LogP contribution in [-0.4, -0.2) is 11.1 Å². The summed E-state index contributed by atoms with van der Waals surface area (Å²) < 4.78 is 56.7. The summed E-state index contributed by atoms with van der Waals surface area (Å²) in [6.45, 7) is 6.60. The van der Waals surface area contributed by atoms with Crippen LogP contribution in [0.4, 0.5) is 17.6 Å². The highest BCUT2D eigenvalue weighted by atomic mass is 19.2. The number of halogens is 4. The fraction of sp³-hybridized carbons (Fsp3) is 0.500. The van der Waals surface area contributed by atoms with Gasteiger partial charge in [0.25, 0.3) is 0 Å². The minimum atomic E-state index is -1.58. The number of hydrogen-bond donors (Lipinski definition) is 1. The molecule has 0 atom stereocenters. The van der Waals surface area contributed by atoms with E-state index < -0.39 is 69.5 Å². The molecule has 2 nitrogen and oxygen atoms in total. The first-order chi connectivity index (χ1) is 10.9. The van der Waals surface area contributed by atoms with Crippen LogP contribution >= 0.6 is 0 Å². The zero-order valence-electron chi connectivity index (χ0n) is 13.9. The molecule has 0 bridgehead atoms. The zero-order valence-corrected chi connectivity index (χ0v) is 13.9. The summed E-state index contributed by atoms with van der Waals surface area (Å²) in [4.78, 5) is 11.8. The van der Waals surface area contributed by atoms with Crippen molar-refractivity contribution in [2.45, 2.75) is 40.5 Å². The minimum absolute atomic E-state index is 0.604. The maximum Gasteiger partial charge on any atom is 0.311 e. The molecule has 1 aliphatic rings. The highest BCUT2D eigenvalue weighted by Crippen LogP contribution is 2.79. The lowest BCUT2D eigenvalue weighted by molar-refractivity contribution is -0.145. The number of carboxylic acid groups (broad SMARTS) is 1. The van der Waals surface area contributed by atoms with Gasteiger partial charge in [-0.1, -0.05) is 27.7 Å². The van der Waals surface area contributed by atoms with Crippen LogP contribution in [0.2, 0.25) is 0 Å². The van der Waals surface area contributed by atoms with E-state index in [-0.39, 0.29) is 0 Å². The maximum absolute atomic E-state index is 14.3. The van der Waals surface area contributed by atoms with E-state index in [1.165, 1.54) is 0 Å². The largest absolute Gasteiger partial charge is 0.481 e. The van der Waals surface area contributed by atoms with Crippen molar-refractivity contribution < 1.29 is 27.5 Å². The van der Waals surface area contributed by atoms with Crippen LogP contribution in [0.1, 0.15) is 38.8 Å². The molecule has 0 aliphatic heterocycles. The van der Waals surface area contributed by atoms with Crippen LogP contribution in [0.25, 0.3) is 0 Å². The molecule has 1 aromatic carbocycles. The SMILES string of the molecule is C#CCc1c(F)c(F)c(CC2(C(=O)O)C(C)(C)C2(C)C)c(F)c1F. The second-order valence-electron chi connectivity index (χ2n) is 7.23. The van der Waals surface area contributed by atoms with E-state index in [9.17, 15) is 27.5 Å². The lowest BCUT2D eigenvalue weighted by Gasteiger charge is -2.19. The van der Waals surface area contributed by atoms with Gasteiger partial charge >= 0.3 is 5.97 Å². The molecule has 24 heavy (non-hydrogen) atoms. The Balaban J connectivity index is 2.64. The number of hydrogen-bond acceptors (Lipinski definition) is 1. The predicted octanol–water partition coefficient (Wildman–Crippen LogP) is 4.10. The summed E-state index contributed by atoms with van der Waals surface area (Å²) in [6, 6.07) is 0. The highest BCUT2D eigenvalue weighted by Gasteiger charge is 2.81. The molecule has 1 fully saturated rings. The third-order valence-corrected chi connectivity index (χ3v) is 6.16. The number of rotatable bonds is 4. The summed E-state index contributed by atoms with van der Waals surface area (Å²) in [7, 11) is 0. The number of aliphatic carboxylic acids is 1. The van der Waals surface area contributed by atoms with Gasteiger partial charge < -0.3 is 5.11 Å². The fourth-order valence-electron chi connectivity index (χ4n) is 3.88. The molecular formula is C18H18F4O2. The molecule has 0 radical (unpaired) electrons. The summed E-state index contributed by atoms with van der Waals surface area (Å²) in [5.74, 6) is -5.63. The topological polar surface area (TPSA) is 37.3 Å². The van der Waals surface area contributed by atoms with Crippen molar-refractivity contribution in [2.75, 3.05) is 0 Å². The third kappa shape index (κ3) is 1.93. The van der Waals surface area contributed by atoms with Gasteiger partial charge in [-0.15, -0.1) is 12.3 Å². The average Bonchev–Trinajstić information content (AvgIpc) is 2.84. The standard InChI is InChI=1S/C18H18F4O2/c1-6-7-9-11(19)13(21)10(14(22)12(9)20)8-18(15(23)24)16(2,3)17(18,4)5/h1H,7-8H2,2-5H3,(H,23,24). The number of benzene rings is 1. The molecule has 0 saturated heterocycles. The Morgan fingerprint density at radius 1 is 0.958 bits per heavy atom. The Hall–Kier alpha value is -2.03. The van der Waals surface area contributed by atoms with Crippen LogP contribution < -0.4 is 0 Å². The molecule has 6 heteroatoms. The van der Waals surface area contributed by atoms with E-state index >= 15 is 0 Å². The molecule has 0 aromatic heterocycles. The number of carbonyl (C=O) groups is 1. The second kappa shape index (κ2) is 5.23. The lowest BCUT2D eigenvalue weighted by atomic mass is 9.86. The van der Waals surface area contributed by atoms with E-state index in [4.69, 9.17) is 6.42 Å². The van der Waals surface area contributed by atoms with Crippen LogP contribution in [-0.2, 0) is 17.6 Å². The molecule has 0 unspecified atom stereocenters. The van der Waals surface area contributed by atoms with Gasteiger partial charge in [0.2, 0.25) is 0 Å². The van der Waals surface area contributed by atoms with Gasteiger partial charge in [0.1, 0.15) is 0 Å². The van der Waals surface area contributed by atoms with Gasteiger partial charge in [-0.25, -0.2) is 17.6 Å². The average molecular weight is 342 g/mol. The van der Waals surface area contributed by atoms with Crippen LogP contribution in [0.15, 0.2) is 0 Å². The summed E-state index contributed by atoms with van der Waals surface area (Å²) in [6.07, 6.45) is 3.70. The molecule has 1 saturated carbocycles. The van der Waals surface area contributed by atoms with Crippen molar-refractivity contribution in [3.8, 4) is 12.3 Å². The Morgan fingerprint density at radius 2 is 1.33 bits per heavy atom. The van der Waals surface area contributed by atoms with E-state index in [2.05, 4.69) is 0 Å². The van der Waals surface area contributed by atoms with Crippen molar-refractivity contribution in [3.63, 3.8) is 0 Å². The number of terminal acetylenes is 1. The maximum atomic E-state index is 14.3. The summed E-state index contributed by atoms with van der Waals surface area (Å²) in [5.41, 5.74) is -4.92. The van der Waals surface area contributed by atoms with E-state index in [1.807, 2.05) is 5.92 Å². The number of carboxylic acids is 1. The summed E-state index contributed by atoms with van der Waals surface area (Å²) >= 11 is 0. The lowest BCUT2D eigenvalue weighted by Crippen LogP contribution is -2.27. The molecule has 130 valence electrons. The molecule has 1 aliphatic carbocycles. The zero-order chi connectivity index (χ0) is 18.7. The molecule has 0 spiro atoms. The molecular weight excluding hydrogens is 324 g/mol. The molecule has 2 rings (SSSR count). The molecule has 0 heterocycles. The van der Waals surface area contributed by atoms with Gasteiger partial charge in [0.15, 0.2) is 23.3 Å². The van der Waals surface area contributed by atoms with Crippen molar-refractivity contribution in [2.24, 2.45) is 16.2 Å². The van der Waals surface area contributed by atoms with Gasteiger partial charge in [-0.2, -0.15) is 0 Å². The Morgan fingerprint density at radius 3 is 1.62 bits per heavy atom. The molecule has 0 amide bonds. The molecule has 1 aromatic rings. The first-order valence-corrected chi connectivity index (χ1v) is 7.39. The van der Waals surface area contributed by atoms with Crippen molar-refractivity contribution >= 4 is 5.97 Å².